The quantitative estimate of drug-likeness (QED) is 0.656. The Morgan fingerprint density at radius 2 is 1.79 bits per heavy atom. The molecule has 1 heterocycles. The number of halogens is 1. The minimum Gasteiger partial charge on any atom is -0.439 e. The lowest BCUT2D eigenvalue weighted by atomic mass is 10.1. The van der Waals surface area contributed by atoms with Gasteiger partial charge < -0.3 is 4.74 Å². The molecule has 94 valence electrons. The first kappa shape index (κ1) is 12.2. The van der Waals surface area contributed by atoms with E-state index in [1.54, 1.807) is 6.20 Å². The third-order valence-corrected chi connectivity index (χ3v) is 3.37. The Labute approximate surface area is 120 Å². The van der Waals surface area contributed by atoms with Gasteiger partial charge in [-0.05, 0) is 51.8 Å². The molecule has 3 heteroatoms. The number of aromatic nitrogens is 1. The van der Waals surface area contributed by atoms with Crippen LogP contribution in [0.4, 0.5) is 0 Å². The van der Waals surface area contributed by atoms with Crippen molar-refractivity contribution in [3.8, 4) is 11.6 Å². The number of benzene rings is 2. The Balaban J connectivity index is 1.96. The van der Waals surface area contributed by atoms with Crippen molar-refractivity contribution >= 4 is 26.7 Å². The number of nitrogens with zero attached hydrogens (tertiary/aromatic N) is 1. The third-order valence-electron chi connectivity index (χ3n) is 2.93. The first-order valence-corrected chi connectivity index (χ1v) is 6.80. The van der Waals surface area contributed by atoms with Crippen LogP contribution < -0.4 is 4.74 Å². The fourth-order valence-corrected chi connectivity index (χ4v) is 2.42. The zero-order valence-electron chi connectivity index (χ0n) is 10.4. The molecular formula is C16H12BrNO. The Bertz CT molecular complexity index is 740. The summed E-state index contributed by atoms with van der Waals surface area (Å²) in [6, 6.07) is 16.2. The second-order valence-corrected chi connectivity index (χ2v) is 5.30. The number of hydrogen-bond acceptors (Lipinski definition) is 2. The molecule has 3 aromatic rings. The maximum atomic E-state index is 5.84. The number of aryl methyl sites for hydroxylation is 1. The molecule has 2 aromatic carbocycles. The number of rotatable bonds is 2. The second kappa shape index (κ2) is 5.02. The number of fused-ring (bicyclic) bond motifs is 1. The average Bonchev–Trinajstić information content (AvgIpc) is 2.42. The summed E-state index contributed by atoms with van der Waals surface area (Å²) in [5.74, 6) is 1.44. The molecule has 0 fully saturated rings. The first-order valence-electron chi connectivity index (χ1n) is 6.01. The summed E-state index contributed by atoms with van der Waals surface area (Å²) in [6.07, 6.45) is 1.74. The highest BCUT2D eigenvalue weighted by Gasteiger charge is 2.04. The lowest BCUT2D eigenvalue weighted by molar-refractivity contribution is 0.459. The standard InChI is InChI=1S/C16H12BrNO/c1-11-8-14(17)10-18-16(11)19-15-7-6-12-4-2-3-5-13(12)9-15/h2-10H,1H3. The van der Waals surface area contributed by atoms with Crippen LogP contribution in [0, 0.1) is 6.92 Å². The Morgan fingerprint density at radius 1 is 1.00 bits per heavy atom. The molecule has 0 saturated heterocycles. The van der Waals surface area contributed by atoms with Gasteiger partial charge in [0.05, 0.1) is 0 Å². The predicted molar refractivity (Wildman–Crippen MR) is 80.7 cm³/mol. The summed E-state index contributed by atoms with van der Waals surface area (Å²) in [6.45, 7) is 1.98. The van der Waals surface area contributed by atoms with E-state index in [9.17, 15) is 0 Å². The second-order valence-electron chi connectivity index (χ2n) is 4.39. The average molecular weight is 314 g/mol. The van der Waals surface area contributed by atoms with Gasteiger partial charge in [-0.2, -0.15) is 0 Å². The van der Waals surface area contributed by atoms with Gasteiger partial charge >= 0.3 is 0 Å². The summed E-state index contributed by atoms with van der Waals surface area (Å²) in [5, 5.41) is 2.37. The fraction of sp³-hybridized carbons (Fsp3) is 0.0625. The van der Waals surface area contributed by atoms with E-state index in [2.05, 4.69) is 39.1 Å². The first-order chi connectivity index (χ1) is 9.22. The molecule has 19 heavy (non-hydrogen) atoms. The molecule has 0 unspecified atom stereocenters. The normalized spacial score (nSPS) is 10.6. The summed E-state index contributed by atoms with van der Waals surface area (Å²) in [4.78, 5) is 4.28. The van der Waals surface area contributed by atoms with E-state index in [1.165, 1.54) is 5.39 Å². The van der Waals surface area contributed by atoms with Crippen molar-refractivity contribution in [2.24, 2.45) is 0 Å². The summed E-state index contributed by atoms with van der Waals surface area (Å²) in [7, 11) is 0. The van der Waals surface area contributed by atoms with E-state index in [1.807, 2.05) is 37.3 Å². The maximum Gasteiger partial charge on any atom is 0.222 e. The molecule has 0 atom stereocenters. The summed E-state index contributed by atoms with van der Waals surface area (Å²) < 4.78 is 6.79. The molecule has 1 aromatic heterocycles. The molecule has 0 saturated carbocycles. The minimum absolute atomic E-state index is 0.637. The van der Waals surface area contributed by atoms with Crippen molar-refractivity contribution in [3.05, 3.63) is 64.8 Å². The SMILES string of the molecule is Cc1cc(Br)cnc1Oc1ccc2ccccc2c1. The van der Waals surface area contributed by atoms with Gasteiger partial charge in [-0.15, -0.1) is 0 Å². The van der Waals surface area contributed by atoms with Crippen LogP contribution in [0.1, 0.15) is 5.56 Å². The fourth-order valence-electron chi connectivity index (χ4n) is 1.98. The molecule has 0 bridgehead atoms. The number of ether oxygens (including phenoxy) is 1. The zero-order valence-corrected chi connectivity index (χ0v) is 12.0. The monoisotopic (exact) mass is 313 g/mol. The van der Waals surface area contributed by atoms with Gasteiger partial charge in [-0.25, -0.2) is 4.98 Å². The molecule has 0 N–H and O–H groups in total. The molecule has 0 spiro atoms. The summed E-state index contributed by atoms with van der Waals surface area (Å²) >= 11 is 3.40. The van der Waals surface area contributed by atoms with Crippen LogP contribution in [0.5, 0.6) is 11.6 Å². The zero-order chi connectivity index (χ0) is 13.2. The highest BCUT2D eigenvalue weighted by Crippen LogP contribution is 2.27. The molecule has 0 aliphatic carbocycles. The van der Waals surface area contributed by atoms with Crippen LogP contribution in [0.3, 0.4) is 0 Å². The van der Waals surface area contributed by atoms with Crippen LogP contribution in [0.25, 0.3) is 10.8 Å². The van der Waals surface area contributed by atoms with E-state index in [4.69, 9.17) is 4.74 Å². The van der Waals surface area contributed by atoms with Gasteiger partial charge in [-0.3, -0.25) is 0 Å². The van der Waals surface area contributed by atoms with Crippen molar-refractivity contribution in [2.75, 3.05) is 0 Å². The van der Waals surface area contributed by atoms with E-state index in [0.717, 1.165) is 21.2 Å². The highest BCUT2D eigenvalue weighted by molar-refractivity contribution is 9.10. The highest BCUT2D eigenvalue weighted by atomic mass is 79.9. The Hall–Kier alpha value is -1.87. The Kier molecular flexibility index (Phi) is 3.22. The van der Waals surface area contributed by atoms with Crippen LogP contribution >= 0.6 is 15.9 Å². The molecule has 0 radical (unpaired) electrons. The van der Waals surface area contributed by atoms with E-state index >= 15 is 0 Å². The van der Waals surface area contributed by atoms with E-state index in [0.29, 0.717) is 5.88 Å². The van der Waals surface area contributed by atoms with Crippen molar-refractivity contribution in [1.82, 2.24) is 4.98 Å². The van der Waals surface area contributed by atoms with E-state index < -0.39 is 0 Å². The predicted octanol–water partition coefficient (Wildman–Crippen LogP) is 5.10. The lowest BCUT2D eigenvalue weighted by Gasteiger charge is -2.08. The molecule has 0 aliphatic rings. The van der Waals surface area contributed by atoms with Gasteiger partial charge in [0.15, 0.2) is 0 Å². The van der Waals surface area contributed by atoms with Crippen LogP contribution in [0.15, 0.2) is 59.2 Å². The van der Waals surface area contributed by atoms with Crippen molar-refractivity contribution < 1.29 is 4.74 Å². The van der Waals surface area contributed by atoms with Crippen LogP contribution in [-0.4, -0.2) is 4.98 Å². The maximum absolute atomic E-state index is 5.84. The van der Waals surface area contributed by atoms with Gasteiger partial charge in [0.2, 0.25) is 5.88 Å². The van der Waals surface area contributed by atoms with E-state index in [-0.39, 0.29) is 0 Å². The van der Waals surface area contributed by atoms with Crippen molar-refractivity contribution in [3.63, 3.8) is 0 Å². The van der Waals surface area contributed by atoms with Crippen LogP contribution in [-0.2, 0) is 0 Å². The van der Waals surface area contributed by atoms with Crippen LogP contribution in [0.2, 0.25) is 0 Å². The molecule has 3 rings (SSSR count). The Morgan fingerprint density at radius 3 is 2.58 bits per heavy atom. The molecular weight excluding hydrogens is 302 g/mol. The molecule has 0 amide bonds. The van der Waals surface area contributed by atoms with Crippen molar-refractivity contribution in [1.29, 1.82) is 0 Å². The number of pyridine rings is 1. The lowest BCUT2D eigenvalue weighted by Crippen LogP contribution is -1.91. The molecule has 0 aliphatic heterocycles. The van der Waals surface area contributed by atoms with Crippen molar-refractivity contribution in [2.45, 2.75) is 6.92 Å². The van der Waals surface area contributed by atoms with Gasteiger partial charge in [0, 0.05) is 16.2 Å². The molecule has 2 nitrogen and oxygen atoms in total. The summed E-state index contributed by atoms with van der Waals surface area (Å²) in [5.41, 5.74) is 1.00. The number of hydrogen-bond donors (Lipinski definition) is 0. The smallest absolute Gasteiger partial charge is 0.222 e. The van der Waals surface area contributed by atoms with Gasteiger partial charge in [0.1, 0.15) is 5.75 Å². The third kappa shape index (κ3) is 2.61. The minimum atomic E-state index is 0.637. The van der Waals surface area contributed by atoms with Gasteiger partial charge in [-0.1, -0.05) is 30.3 Å². The topological polar surface area (TPSA) is 22.1 Å². The largest absolute Gasteiger partial charge is 0.439 e. The van der Waals surface area contributed by atoms with Gasteiger partial charge in [0.25, 0.3) is 0 Å².